The molecule has 1 atom stereocenters. The van der Waals surface area contributed by atoms with Gasteiger partial charge in [0.1, 0.15) is 5.69 Å². The third-order valence-corrected chi connectivity index (χ3v) is 14.1. The number of alkyl halides is 6. The van der Waals surface area contributed by atoms with Crippen molar-refractivity contribution in [2.75, 3.05) is 45.6 Å². The number of benzene rings is 2. The first-order chi connectivity index (χ1) is 29.0. The predicted molar refractivity (Wildman–Crippen MR) is 211 cm³/mol. The minimum absolute atomic E-state index is 0.0166. The quantitative estimate of drug-likeness (QED) is 0.181. The number of likely N-dealkylation sites (tertiary alicyclic amines) is 2. The summed E-state index contributed by atoms with van der Waals surface area (Å²) in [6.07, 6.45) is -6.80. The molecule has 4 aromatic rings. The van der Waals surface area contributed by atoms with E-state index in [1.165, 1.54) is 28.6 Å². The van der Waals surface area contributed by atoms with Gasteiger partial charge in [-0.3, -0.25) is 19.5 Å². The van der Waals surface area contributed by atoms with E-state index >= 15 is 13.2 Å². The number of ether oxygens (including phenoxy) is 1. The first-order valence-electron chi connectivity index (χ1n) is 20.7. The van der Waals surface area contributed by atoms with Crippen LogP contribution in [0, 0.1) is 0 Å². The van der Waals surface area contributed by atoms with Gasteiger partial charge in [0, 0.05) is 69.1 Å². The van der Waals surface area contributed by atoms with E-state index in [0.29, 0.717) is 75.1 Å². The van der Waals surface area contributed by atoms with Gasteiger partial charge in [-0.05, 0) is 79.5 Å². The van der Waals surface area contributed by atoms with Crippen molar-refractivity contribution in [2.24, 2.45) is 0 Å². The first kappa shape index (κ1) is 43.4. The zero-order valence-corrected chi connectivity index (χ0v) is 34.6. The lowest BCUT2D eigenvalue weighted by Crippen LogP contribution is -2.39. The second kappa shape index (κ2) is 17.1. The summed E-state index contributed by atoms with van der Waals surface area (Å²) < 4.78 is 121. The highest BCUT2D eigenvalue weighted by Crippen LogP contribution is 2.43. The maximum atomic E-state index is 15.1. The smallest absolute Gasteiger partial charge is 0.375 e. The molecule has 2 aromatic carbocycles. The number of nitrogens with zero attached hydrogens (tertiary/aromatic N) is 6. The number of hydrogen-bond donors (Lipinski definition) is 2. The van der Waals surface area contributed by atoms with Crippen LogP contribution < -0.4 is 0 Å². The molecule has 330 valence electrons. The minimum Gasteiger partial charge on any atom is -0.375 e. The number of hydrogen-bond acceptors (Lipinski definition) is 8. The summed E-state index contributed by atoms with van der Waals surface area (Å²) in [4.78, 5) is 16.8. The molecule has 0 bridgehead atoms. The number of nitrogens with one attached hydrogen (secondary N) is 1. The number of halogens is 6. The van der Waals surface area contributed by atoms with E-state index in [0.717, 1.165) is 23.6 Å². The van der Waals surface area contributed by atoms with Crippen LogP contribution in [0.25, 0.3) is 0 Å². The zero-order chi connectivity index (χ0) is 43.3. The van der Waals surface area contributed by atoms with E-state index < -0.39 is 51.6 Å². The van der Waals surface area contributed by atoms with Gasteiger partial charge in [0.2, 0.25) is 10.0 Å². The predicted octanol–water partition coefficient (Wildman–Crippen LogP) is 6.56. The van der Waals surface area contributed by atoms with Crippen LogP contribution in [0.2, 0.25) is 0 Å². The average Bonchev–Trinajstić information content (AvgIpc) is 3.74. The van der Waals surface area contributed by atoms with Crippen molar-refractivity contribution in [2.45, 2.75) is 101 Å². The number of aromatic nitrogens is 4. The molecule has 1 unspecified atom stereocenters. The molecule has 0 spiro atoms. The van der Waals surface area contributed by atoms with Gasteiger partial charge >= 0.3 is 12.4 Å². The molecule has 12 nitrogen and oxygen atoms in total. The maximum Gasteiger partial charge on any atom is 0.416 e. The Labute approximate surface area is 349 Å². The van der Waals surface area contributed by atoms with Crippen LogP contribution >= 0.6 is 0 Å². The standard InChI is InChI=1S/C42H49F6N7O5S/c1-61(58,59)54-17-5-10-35-32(24-54)38(40(57)53-18-11-26(12-19-53)29-7-2-3-9-33(29)41(43,44)45)51-55(35)22-15-28-6-4-8-30(36(28)42(46,47)48)27-13-20-52(21-14-27)39(56)37-31-16-23-60-25-34(31)49-50-37/h2-4,6-9,26-27,40,57H,5,10-25H2,1H3,(H,49,50). The maximum absolute atomic E-state index is 15.1. The Bertz CT molecular complexity index is 2350. The van der Waals surface area contributed by atoms with Gasteiger partial charge in [0.05, 0.1) is 36.3 Å². The molecule has 2 N–H and O–H groups in total. The van der Waals surface area contributed by atoms with Crippen molar-refractivity contribution in [3.05, 3.63) is 104 Å². The molecule has 2 saturated heterocycles. The fourth-order valence-electron chi connectivity index (χ4n) is 9.70. The SMILES string of the molecule is CS(=O)(=O)N1CCCc2c(c(C(O)N3CCC(c4ccccc4C(F)(F)F)CC3)nn2CCc2cccc(C3CCN(C(=O)c4n[nH]c5c4CCOC5)CC3)c2C(F)(F)F)C1. The van der Waals surface area contributed by atoms with Crippen molar-refractivity contribution >= 4 is 15.9 Å². The molecular weight excluding hydrogens is 829 g/mol. The Morgan fingerprint density at radius 2 is 1.59 bits per heavy atom. The van der Waals surface area contributed by atoms with E-state index in [9.17, 15) is 31.5 Å². The average molecular weight is 878 g/mol. The van der Waals surface area contributed by atoms with Crippen molar-refractivity contribution in [1.82, 2.24) is 34.1 Å². The van der Waals surface area contributed by atoms with E-state index in [4.69, 9.17) is 9.84 Å². The van der Waals surface area contributed by atoms with Crippen molar-refractivity contribution in [3.63, 3.8) is 0 Å². The van der Waals surface area contributed by atoms with Crippen molar-refractivity contribution in [3.8, 4) is 0 Å². The molecule has 2 fully saturated rings. The van der Waals surface area contributed by atoms with Gasteiger partial charge in [0.15, 0.2) is 11.9 Å². The second-order valence-electron chi connectivity index (χ2n) is 16.5. The Balaban J connectivity index is 1.02. The Hall–Kier alpha value is -4.30. The number of aliphatic hydroxyl groups is 1. The number of carbonyl (C=O) groups is 1. The van der Waals surface area contributed by atoms with Crippen LogP contribution in [0.15, 0.2) is 42.5 Å². The molecule has 19 heteroatoms. The minimum atomic E-state index is -4.68. The fourth-order valence-corrected chi connectivity index (χ4v) is 10.5. The highest BCUT2D eigenvalue weighted by molar-refractivity contribution is 7.88. The van der Waals surface area contributed by atoms with Gasteiger partial charge in [-0.15, -0.1) is 0 Å². The largest absolute Gasteiger partial charge is 0.416 e. The van der Waals surface area contributed by atoms with Crippen molar-refractivity contribution < 1.29 is 49.4 Å². The molecular formula is C42H49F6N7O5S. The Kier molecular flexibility index (Phi) is 12.2. The number of aromatic amines is 1. The van der Waals surface area contributed by atoms with Crippen LogP contribution in [0.5, 0.6) is 0 Å². The third-order valence-electron chi connectivity index (χ3n) is 12.8. The number of H-pyrrole nitrogens is 1. The normalized spacial score (nSPS) is 19.7. The summed E-state index contributed by atoms with van der Waals surface area (Å²) in [7, 11) is -3.67. The Morgan fingerprint density at radius 3 is 2.30 bits per heavy atom. The summed E-state index contributed by atoms with van der Waals surface area (Å²) in [5.41, 5.74) is 2.27. The molecule has 0 saturated carbocycles. The monoisotopic (exact) mass is 877 g/mol. The summed E-state index contributed by atoms with van der Waals surface area (Å²) in [6, 6.07) is 10.1. The van der Waals surface area contributed by atoms with E-state index in [2.05, 4.69) is 10.2 Å². The van der Waals surface area contributed by atoms with Crippen LogP contribution in [0.4, 0.5) is 26.3 Å². The number of rotatable bonds is 9. The number of sulfonamides is 1. The molecule has 61 heavy (non-hydrogen) atoms. The number of aliphatic hydroxyl groups excluding tert-OH is 1. The topological polar surface area (TPSA) is 137 Å². The molecule has 1 amide bonds. The Morgan fingerprint density at radius 1 is 0.902 bits per heavy atom. The molecule has 2 aromatic heterocycles. The summed E-state index contributed by atoms with van der Waals surface area (Å²) in [5, 5.41) is 23.7. The van der Waals surface area contributed by atoms with Crippen LogP contribution in [-0.2, 0) is 66.1 Å². The van der Waals surface area contributed by atoms with Crippen molar-refractivity contribution in [1.29, 1.82) is 0 Å². The number of amides is 1. The second-order valence-corrected chi connectivity index (χ2v) is 18.5. The highest BCUT2D eigenvalue weighted by Gasteiger charge is 2.41. The first-order valence-corrected chi connectivity index (χ1v) is 22.6. The van der Waals surface area contributed by atoms with Crippen LogP contribution in [-0.4, -0.2) is 99.1 Å². The van der Waals surface area contributed by atoms with Crippen LogP contribution in [0.1, 0.15) is 117 Å². The summed E-state index contributed by atoms with van der Waals surface area (Å²) in [6.45, 7) is 1.99. The fraction of sp³-hybridized carbons (Fsp3) is 0.548. The molecule has 0 radical (unpaired) electrons. The lowest BCUT2D eigenvalue weighted by molar-refractivity contribution is -0.139. The molecule has 0 aliphatic carbocycles. The lowest BCUT2D eigenvalue weighted by atomic mass is 9.84. The number of piperidine rings is 2. The third kappa shape index (κ3) is 8.99. The van der Waals surface area contributed by atoms with Gasteiger partial charge < -0.3 is 14.7 Å². The number of aryl methyl sites for hydroxylation is 2. The number of fused-ring (bicyclic) bond motifs is 2. The van der Waals surface area contributed by atoms with Crippen LogP contribution in [0.3, 0.4) is 0 Å². The molecule has 6 heterocycles. The molecule has 4 aliphatic heterocycles. The van der Waals surface area contributed by atoms with Gasteiger partial charge in [0.25, 0.3) is 5.91 Å². The highest BCUT2D eigenvalue weighted by atomic mass is 32.2. The molecule has 8 rings (SSSR count). The van der Waals surface area contributed by atoms with E-state index in [1.807, 2.05) is 0 Å². The summed E-state index contributed by atoms with van der Waals surface area (Å²) in [5.74, 6) is -1.09. The zero-order valence-electron chi connectivity index (χ0n) is 33.7. The molecule has 4 aliphatic rings. The van der Waals surface area contributed by atoms with Gasteiger partial charge in [-0.1, -0.05) is 36.4 Å². The lowest BCUT2D eigenvalue weighted by Gasteiger charge is -2.35. The van der Waals surface area contributed by atoms with E-state index in [1.54, 1.807) is 26.6 Å². The number of carbonyl (C=O) groups excluding carboxylic acids is 1. The van der Waals surface area contributed by atoms with Gasteiger partial charge in [-0.2, -0.15) is 40.8 Å². The van der Waals surface area contributed by atoms with Gasteiger partial charge in [-0.25, -0.2) is 8.42 Å². The van der Waals surface area contributed by atoms with E-state index in [-0.39, 0.29) is 80.5 Å². The summed E-state index contributed by atoms with van der Waals surface area (Å²) >= 11 is 0.